The third kappa shape index (κ3) is 4.36. The third-order valence-corrected chi connectivity index (χ3v) is 4.08. The lowest BCUT2D eigenvalue weighted by Crippen LogP contribution is -1.99. The average Bonchev–Trinajstić information content (AvgIpc) is 2.63. The quantitative estimate of drug-likeness (QED) is 0.392. The van der Waals surface area contributed by atoms with E-state index in [0.717, 1.165) is 10.0 Å². The molecule has 0 aliphatic carbocycles. The molecule has 0 aliphatic heterocycles. The van der Waals surface area contributed by atoms with Crippen molar-refractivity contribution in [1.29, 1.82) is 0 Å². The Balaban J connectivity index is 1.84. The molecule has 126 valence electrons. The molecular formula is C19H14BrNO4. The van der Waals surface area contributed by atoms with Gasteiger partial charge in [-0.05, 0) is 39.7 Å². The number of hydrogen-bond donors (Lipinski definition) is 0. The summed E-state index contributed by atoms with van der Waals surface area (Å²) in [6.07, 6.45) is 0. The van der Waals surface area contributed by atoms with Gasteiger partial charge in [-0.25, -0.2) is 0 Å². The lowest BCUT2D eigenvalue weighted by molar-refractivity contribution is -0.386. The lowest BCUT2D eigenvalue weighted by Gasteiger charge is -2.11. The van der Waals surface area contributed by atoms with Crippen LogP contribution < -0.4 is 9.47 Å². The summed E-state index contributed by atoms with van der Waals surface area (Å²) in [5.41, 5.74) is 0.823. The van der Waals surface area contributed by atoms with Crippen LogP contribution in [-0.4, -0.2) is 4.92 Å². The summed E-state index contributed by atoms with van der Waals surface area (Å²) in [6, 6.07) is 21.3. The van der Waals surface area contributed by atoms with E-state index in [2.05, 4.69) is 15.9 Å². The number of para-hydroxylation sites is 1. The molecule has 0 saturated carbocycles. The van der Waals surface area contributed by atoms with Gasteiger partial charge in [0.1, 0.15) is 18.1 Å². The van der Waals surface area contributed by atoms with Gasteiger partial charge in [-0.3, -0.25) is 10.1 Å². The van der Waals surface area contributed by atoms with Crippen molar-refractivity contribution in [1.82, 2.24) is 0 Å². The molecule has 0 N–H and O–H groups in total. The maximum atomic E-state index is 11.2. The smallest absolute Gasteiger partial charge is 0.311 e. The molecule has 3 aromatic carbocycles. The van der Waals surface area contributed by atoms with Crippen LogP contribution in [0.5, 0.6) is 17.2 Å². The number of hydrogen-bond acceptors (Lipinski definition) is 4. The fourth-order valence-corrected chi connectivity index (χ4v) is 2.58. The predicted octanol–water partition coefficient (Wildman–Crippen LogP) is 5.73. The van der Waals surface area contributed by atoms with Crippen LogP contribution >= 0.6 is 15.9 Å². The van der Waals surface area contributed by atoms with E-state index in [9.17, 15) is 10.1 Å². The number of nitro benzene ring substituents is 1. The molecule has 3 aromatic rings. The van der Waals surface area contributed by atoms with Crippen LogP contribution in [0.1, 0.15) is 5.56 Å². The number of nitro groups is 1. The largest absolute Gasteiger partial charge is 0.482 e. The number of benzene rings is 3. The number of ether oxygens (including phenoxy) is 2. The third-order valence-electron chi connectivity index (χ3n) is 3.43. The van der Waals surface area contributed by atoms with Crippen molar-refractivity contribution in [2.24, 2.45) is 0 Å². The molecule has 0 aromatic heterocycles. The first-order chi connectivity index (χ1) is 12.1. The van der Waals surface area contributed by atoms with Gasteiger partial charge in [-0.1, -0.05) is 42.5 Å². The van der Waals surface area contributed by atoms with Crippen LogP contribution in [0.3, 0.4) is 0 Å². The molecule has 0 unspecified atom stereocenters. The molecule has 0 saturated heterocycles. The molecule has 0 atom stereocenters. The summed E-state index contributed by atoms with van der Waals surface area (Å²) in [5.74, 6) is 1.24. The van der Waals surface area contributed by atoms with Crippen molar-refractivity contribution < 1.29 is 14.4 Å². The zero-order chi connectivity index (χ0) is 17.6. The molecule has 25 heavy (non-hydrogen) atoms. The van der Waals surface area contributed by atoms with Crippen molar-refractivity contribution in [3.05, 3.63) is 92.9 Å². The zero-order valence-electron chi connectivity index (χ0n) is 13.1. The second kappa shape index (κ2) is 7.81. The van der Waals surface area contributed by atoms with Gasteiger partial charge in [-0.15, -0.1) is 0 Å². The van der Waals surface area contributed by atoms with E-state index in [4.69, 9.17) is 9.47 Å². The molecule has 0 amide bonds. The molecule has 0 heterocycles. The average molecular weight is 400 g/mol. The van der Waals surface area contributed by atoms with E-state index in [-0.39, 0.29) is 18.0 Å². The number of rotatable bonds is 6. The molecule has 0 radical (unpaired) electrons. The van der Waals surface area contributed by atoms with E-state index in [1.54, 1.807) is 12.1 Å². The topological polar surface area (TPSA) is 61.6 Å². The Morgan fingerprint density at radius 2 is 1.64 bits per heavy atom. The highest BCUT2D eigenvalue weighted by Gasteiger charge is 2.17. The van der Waals surface area contributed by atoms with Crippen LogP contribution in [-0.2, 0) is 6.61 Å². The molecule has 0 fully saturated rings. The fraction of sp³-hybridized carbons (Fsp3) is 0.0526. The standard InChI is InChI=1S/C19H14BrNO4/c20-16-8-4-5-9-18(16)25-15-10-11-17(21(22)23)19(12-15)24-13-14-6-2-1-3-7-14/h1-12H,13H2. The predicted molar refractivity (Wildman–Crippen MR) is 98.1 cm³/mol. The van der Waals surface area contributed by atoms with Crippen LogP contribution in [0.2, 0.25) is 0 Å². The molecule has 0 spiro atoms. The van der Waals surface area contributed by atoms with Crippen LogP contribution in [0.4, 0.5) is 5.69 Å². The summed E-state index contributed by atoms with van der Waals surface area (Å²) in [7, 11) is 0. The Morgan fingerprint density at radius 3 is 2.36 bits per heavy atom. The van der Waals surface area contributed by atoms with E-state index in [1.807, 2.05) is 48.5 Å². The van der Waals surface area contributed by atoms with Crippen LogP contribution in [0, 0.1) is 10.1 Å². The molecule has 0 bridgehead atoms. The molecule has 5 nitrogen and oxygen atoms in total. The van der Waals surface area contributed by atoms with Crippen LogP contribution in [0.15, 0.2) is 77.3 Å². The summed E-state index contributed by atoms with van der Waals surface area (Å²) < 4.78 is 12.2. The van der Waals surface area contributed by atoms with Gasteiger partial charge in [0.25, 0.3) is 0 Å². The summed E-state index contributed by atoms with van der Waals surface area (Å²) in [4.78, 5) is 10.8. The SMILES string of the molecule is O=[N+]([O-])c1ccc(Oc2ccccc2Br)cc1OCc1ccccc1. The van der Waals surface area contributed by atoms with Crippen LogP contribution in [0.25, 0.3) is 0 Å². The Bertz CT molecular complexity index is 884. The minimum Gasteiger partial charge on any atom is -0.482 e. The molecule has 3 rings (SSSR count). The maximum Gasteiger partial charge on any atom is 0.311 e. The highest BCUT2D eigenvalue weighted by Crippen LogP contribution is 2.35. The first kappa shape index (κ1) is 17.0. The maximum absolute atomic E-state index is 11.2. The van der Waals surface area contributed by atoms with Crippen molar-refractivity contribution in [3.63, 3.8) is 0 Å². The van der Waals surface area contributed by atoms with Gasteiger partial charge in [0.2, 0.25) is 5.75 Å². The van der Waals surface area contributed by atoms with Gasteiger partial charge in [0.15, 0.2) is 0 Å². The van der Waals surface area contributed by atoms with Crippen molar-refractivity contribution in [2.75, 3.05) is 0 Å². The number of nitrogens with zero attached hydrogens (tertiary/aromatic N) is 1. The van der Waals surface area contributed by atoms with E-state index in [1.165, 1.54) is 12.1 Å². The molecule has 0 aliphatic rings. The summed E-state index contributed by atoms with van der Waals surface area (Å²) in [5, 5.41) is 11.2. The molecular weight excluding hydrogens is 386 g/mol. The minimum atomic E-state index is -0.470. The second-order valence-corrected chi connectivity index (χ2v) is 6.05. The Kier molecular flexibility index (Phi) is 5.30. The van der Waals surface area contributed by atoms with Crippen molar-refractivity contribution in [3.8, 4) is 17.2 Å². The minimum absolute atomic E-state index is 0.101. The highest BCUT2D eigenvalue weighted by molar-refractivity contribution is 9.10. The monoisotopic (exact) mass is 399 g/mol. The first-order valence-corrected chi connectivity index (χ1v) is 8.30. The summed E-state index contributed by atoms with van der Waals surface area (Å²) in [6.45, 7) is 0.236. The Morgan fingerprint density at radius 1 is 0.920 bits per heavy atom. The van der Waals surface area contributed by atoms with Gasteiger partial charge in [0.05, 0.1) is 9.40 Å². The Labute approximate surface area is 153 Å². The normalized spacial score (nSPS) is 10.3. The van der Waals surface area contributed by atoms with Gasteiger partial charge >= 0.3 is 5.69 Å². The van der Waals surface area contributed by atoms with Crippen molar-refractivity contribution >= 4 is 21.6 Å². The fourth-order valence-electron chi connectivity index (χ4n) is 2.21. The van der Waals surface area contributed by atoms with Gasteiger partial charge < -0.3 is 9.47 Å². The molecule has 6 heteroatoms. The highest BCUT2D eigenvalue weighted by atomic mass is 79.9. The number of halogens is 1. The summed E-state index contributed by atoms with van der Waals surface area (Å²) >= 11 is 3.41. The second-order valence-electron chi connectivity index (χ2n) is 5.19. The van der Waals surface area contributed by atoms with Gasteiger partial charge in [-0.2, -0.15) is 0 Å². The first-order valence-electron chi connectivity index (χ1n) is 7.51. The van der Waals surface area contributed by atoms with E-state index in [0.29, 0.717) is 11.5 Å². The van der Waals surface area contributed by atoms with Crippen molar-refractivity contribution in [2.45, 2.75) is 6.61 Å². The van der Waals surface area contributed by atoms with Gasteiger partial charge in [0, 0.05) is 12.1 Å². The lowest BCUT2D eigenvalue weighted by atomic mass is 10.2. The Hall–Kier alpha value is -2.86. The van der Waals surface area contributed by atoms with E-state index < -0.39 is 4.92 Å². The zero-order valence-corrected chi connectivity index (χ0v) is 14.7. The van der Waals surface area contributed by atoms with E-state index >= 15 is 0 Å².